The number of carbonyl (C=O) groups is 6. The van der Waals surface area contributed by atoms with Crippen LogP contribution in [0.5, 0.6) is 0 Å². The van der Waals surface area contributed by atoms with E-state index in [1.807, 2.05) is 58.0 Å². The van der Waals surface area contributed by atoms with Crippen LogP contribution < -0.4 is 10.6 Å². The zero-order valence-electron chi connectivity index (χ0n) is 37.8. The molecular weight excluding hydrogens is 809 g/mol. The number of aromatic nitrogens is 1. The maximum atomic E-state index is 14.4. The molecule has 5 amide bonds. The molecule has 2 aliphatic heterocycles. The van der Waals surface area contributed by atoms with Crippen LogP contribution in [-0.4, -0.2) is 118 Å². The Labute approximate surface area is 372 Å². The number of likely N-dealkylation sites (N-methyl/N-ethyl adjacent to an activating group) is 1. The Morgan fingerprint density at radius 1 is 0.935 bits per heavy atom. The quantitative estimate of drug-likeness (QED) is 0.0623. The van der Waals surface area contributed by atoms with Crippen molar-refractivity contribution in [3.05, 3.63) is 64.1 Å². The first kappa shape index (κ1) is 50.2. The third-order valence-electron chi connectivity index (χ3n) is 12.3. The van der Waals surface area contributed by atoms with Crippen molar-refractivity contribution < 1.29 is 38.6 Å². The maximum Gasteiger partial charge on any atom is 0.308 e. The number of esters is 1. The maximum absolute atomic E-state index is 14.4. The van der Waals surface area contributed by atoms with Gasteiger partial charge < -0.3 is 25.4 Å². The van der Waals surface area contributed by atoms with Gasteiger partial charge in [0.1, 0.15) is 22.8 Å². The van der Waals surface area contributed by atoms with Crippen molar-refractivity contribution in [3.8, 4) is 0 Å². The van der Waals surface area contributed by atoms with Crippen molar-refractivity contribution in [2.75, 3.05) is 33.3 Å². The van der Waals surface area contributed by atoms with Gasteiger partial charge in [0.05, 0.1) is 18.6 Å². The number of thiazole rings is 1. The number of ether oxygens (including phenoxy) is 1. The number of rotatable bonds is 25. The van der Waals surface area contributed by atoms with Crippen LogP contribution in [0.2, 0.25) is 0 Å². The molecule has 4 rings (SSSR count). The van der Waals surface area contributed by atoms with Gasteiger partial charge in [0.25, 0.3) is 17.7 Å². The number of nitrogens with one attached hydrogen (secondary N) is 2. The number of unbranched alkanes of at least 4 members (excludes halogenated alkanes) is 3. The van der Waals surface area contributed by atoms with Crippen LogP contribution in [0, 0.1) is 17.8 Å². The minimum atomic E-state index is -1.05. The predicted molar refractivity (Wildman–Crippen MR) is 240 cm³/mol. The minimum Gasteiger partial charge on any atom is -0.466 e. The summed E-state index contributed by atoms with van der Waals surface area (Å²) in [6.45, 7) is 13.7. The summed E-state index contributed by atoms with van der Waals surface area (Å²) < 4.78 is 5.22. The zero-order chi connectivity index (χ0) is 45.3. The first-order valence-corrected chi connectivity index (χ1v) is 23.5. The number of likely N-dealkylation sites (tertiary alicyclic amines) is 1. The largest absolute Gasteiger partial charge is 0.466 e. The van der Waals surface area contributed by atoms with Gasteiger partial charge in [0, 0.05) is 49.6 Å². The first-order valence-electron chi connectivity index (χ1n) is 22.6. The number of carbonyl (C=O) groups excluding carboxylic acids is 6. The molecular formula is C47H70N6O8S. The third kappa shape index (κ3) is 14.5. The topological polar surface area (TPSA) is 179 Å². The Balaban J connectivity index is 1.36. The van der Waals surface area contributed by atoms with E-state index >= 15 is 0 Å². The molecule has 0 bridgehead atoms. The highest BCUT2D eigenvalue weighted by molar-refractivity contribution is 7.09. The standard InChI is InChI=1S/C47H70N6O8S/c1-8-32(5)42(50-44(58)37-21-15-18-25-52(37)24-16-10-11-17-26-53-40(55)22-23-41(53)56)46(59)51(7)38(31(3)4)29-39(54)45-49-36(30-62-45)43(57)48-35(27-33(6)47(60)61-9-2)28-34-19-13-12-14-20-34/h12-14,19-20,22-23,30-33,35,37-39,42,54H,8-11,15-18,21,24-29H2,1-7H3,(H,48,57)(H,50,58)/t32-,33-,35+,37+,38+,39+,42-/m0/s1. The summed E-state index contributed by atoms with van der Waals surface area (Å²) in [6, 6.07) is 7.87. The van der Waals surface area contributed by atoms with Gasteiger partial charge in [-0.3, -0.25) is 38.6 Å². The number of aliphatic hydroxyl groups excluding tert-OH is 1. The highest BCUT2D eigenvalue weighted by atomic mass is 32.1. The van der Waals surface area contributed by atoms with Crippen LogP contribution in [0.1, 0.15) is 133 Å². The molecule has 0 unspecified atom stereocenters. The van der Waals surface area contributed by atoms with E-state index in [1.54, 1.807) is 31.2 Å². The lowest BCUT2D eigenvalue weighted by Crippen LogP contribution is -2.58. The summed E-state index contributed by atoms with van der Waals surface area (Å²) in [4.78, 5) is 87.7. The second-order valence-corrected chi connectivity index (χ2v) is 18.2. The summed E-state index contributed by atoms with van der Waals surface area (Å²) in [7, 11) is 1.73. The number of aliphatic hydroxyl groups is 1. The van der Waals surface area contributed by atoms with E-state index in [2.05, 4.69) is 20.5 Å². The molecule has 0 spiro atoms. The molecule has 0 radical (unpaired) electrons. The fourth-order valence-electron chi connectivity index (χ4n) is 8.37. The average Bonchev–Trinajstić information content (AvgIpc) is 3.89. The fourth-order valence-corrected chi connectivity index (χ4v) is 9.17. The highest BCUT2D eigenvalue weighted by Crippen LogP contribution is 2.29. The highest BCUT2D eigenvalue weighted by Gasteiger charge is 2.37. The van der Waals surface area contributed by atoms with Crippen LogP contribution in [-0.2, 0) is 35.1 Å². The van der Waals surface area contributed by atoms with Crippen molar-refractivity contribution in [2.24, 2.45) is 17.8 Å². The Morgan fingerprint density at radius 3 is 2.26 bits per heavy atom. The van der Waals surface area contributed by atoms with Crippen molar-refractivity contribution in [3.63, 3.8) is 0 Å². The Hall–Kier alpha value is -4.47. The van der Waals surface area contributed by atoms with E-state index in [4.69, 9.17) is 4.74 Å². The number of nitrogens with zero attached hydrogens (tertiary/aromatic N) is 4. The van der Waals surface area contributed by atoms with Gasteiger partial charge in [-0.2, -0.15) is 0 Å². The fraction of sp³-hybridized carbons (Fsp3) is 0.638. The van der Waals surface area contributed by atoms with Gasteiger partial charge >= 0.3 is 5.97 Å². The van der Waals surface area contributed by atoms with E-state index in [9.17, 15) is 33.9 Å². The molecule has 2 aromatic rings. The van der Waals surface area contributed by atoms with Gasteiger partial charge in [-0.15, -0.1) is 11.3 Å². The third-order valence-corrected chi connectivity index (χ3v) is 13.2. The molecule has 3 N–H and O–H groups in total. The molecule has 3 heterocycles. The van der Waals surface area contributed by atoms with Crippen molar-refractivity contribution in [1.29, 1.82) is 0 Å². The summed E-state index contributed by atoms with van der Waals surface area (Å²) in [5.74, 6) is -2.22. The van der Waals surface area contributed by atoms with Crippen molar-refractivity contribution >= 4 is 46.8 Å². The molecule has 15 heteroatoms. The number of benzene rings is 1. The molecule has 62 heavy (non-hydrogen) atoms. The second-order valence-electron chi connectivity index (χ2n) is 17.3. The van der Waals surface area contributed by atoms with E-state index in [-0.39, 0.29) is 72.2 Å². The Bertz CT molecular complexity index is 1800. The Kier molecular flexibility index (Phi) is 20.2. The summed E-state index contributed by atoms with van der Waals surface area (Å²) in [6.07, 6.45) is 9.36. The van der Waals surface area contributed by atoms with E-state index in [0.717, 1.165) is 57.2 Å². The lowest BCUT2D eigenvalue weighted by molar-refractivity contribution is -0.148. The van der Waals surface area contributed by atoms with Gasteiger partial charge in [0.15, 0.2) is 0 Å². The smallest absolute Gasteiger partial charge is 0.308 e. The van der Waals surface area contributed by atoms with Crippen LogP contribution in [0.3, 0.4) is 0 Å². The predicted octanol–water partition coefficient (Wildman–Crippen LogP) is 5.85. The molecule has 1 saturated heterocycles. The summed E-state index contributed by atoms with van der Waals surface area (Å²) in [5.41, 5.74) is 1.18. The lowest BCUT2D eigenvalue weighted by atomic mass is 9.92. The number of amides is 5. The SMILES string of the molecule is CCOC(=O)[C@@H](C)C[C@H](Cc1ccccc1)NC(=O)c1csc([C@H](O)C[C@H](C(C)C)N(C)C(=O)[C@@H](NC(=O)[C@H]2CCCCN2CCCCCCN2C(=O)C=CC2=O)[C@@H](C)CC)n1. The van der Waals surface area contributed by atoms with Crippen molar-refractivity contribution in [2.45, 2.75) is 142 Å². The molecule has 0 saturated carbocycles. The van der Waals surface area contributed by atoms with Crippen LogP contribution >= 0.6 is 11.3 Å². The molecule has 1 aromatic heterocycles. The monoisotopic (exact) mass is 878 g/mol. The molecule has 342 valence electrons. The van der Waals surface area contributed by atoms with E-state index in [1.165, 1.54) is 28.4 Å². The van der Waals surface area contributed by atoms with Gasteiger partial charge in [-0.1, -0.05) is 90.6 Å². The number of piperidine rings is 1. The molecule has 7 atom stereocenters. The zero-order valence-corrected chi connectivity index (χ0v) is 38.7. The average molecular weight is 879 g/mol. The number of hydrogen-bond acceptors (Lipinski definition) is 11. The Morgan fingerprint density at radius 2 is 1.61 bits per heavy atom. The van der Waals surface area contributed by atoms with Gasteiger partial charge in [-0.25, -0.2) is 4.98 Å². The molecule has 2 aliphatic rings. The first-order chi connectivity index (χ1) is 29.6. The summed E-state index contributed by atoms with van der Waals surface area (Å²) >= 11 is 1.18. The summed E-state index contributed by atoms with van der Waals surface area (Å²) in [5, 5.41) is 19.7. The number of hydrogen-bond donors (Lipinski definition) is 3. The van der Waals surface area contributed by atoms with Crippen LogP contribution in [0.25, 0.3) is 0 Å². The van der Waals surface area contributed by atoms with E-state index < -0.39 is 30.0 Å². The van der Waals surface area contributed by atoms with Crippen LogP contribution in [0.4, 0.5) is 0 Å². The normalized spacial score (nSPS) is 18.5. The van der Waals surface area contributed by atoms with Crippen molar-refractivity contribution in [1.82, 2.24) is 30.3 Å². The van der Waals surface area contributed by atoms with Crippen LogP contribution in [0.15, 0.2) is 47.9 Å². The lowest BCUT2D eigenvalue weighted by Gasteiger charge is -2.38. The number of imide groups is 1. The minimum absolute atomic E-state index is 0.0448. The molecule has 1 fully saturated rings. The second kappa shape index (κ2) is 25.0. The van der Waals surface area contributed by atoms with E-state index in [0.29, 0.717) is 37.2 Å². The van der Waals surface area contributed by atoms with Gasteiger partial charge in [-0.05, 0) is 75.9 Å². The molecule has 1 aromatic carbocycles. The molecule has 14 nitrogen and oxygen atoms in total. The molecule has 0 aliphatic carbocycles. The van der Waals surface area contributed by atoms with Gasteiger partial charge in [0.2, 0.25) is 11.8 Å².